The molecule has 43 heavy (non-hydrogen) atoms. The van der Waals surface area contributed by atoms with Gasteiger partial charge >= 0.3 is 0 Å². The molecule has 1 aromatic heterocycles. The molecular formula is C26H18BrF6N3O5S2. The van der Waals surface area contributed by atoms with Crippen molar-refractivity contribution in [1.82, 2.24) is 9.78 Å². The number of aromatic nitrogens is 2. The molecule has 1 saturated heterocycles. The number of hydrogen-bond donors (Lipinski definition) is 0. The molecular weight excluding hydrogens is 692 g/mol. The minimum Gasteiger partial charge on any atom is -0.356 e. The molecule has 2 heterocycles. The molecule has 0 aliphatic carbocycles. The second-order valence-electron chi connectivity index (χ2n) is 9.22. The van der Waals surface area contributed by atoms with Crippen LogP contribution in [0.2, 0.25) is 0 Å². The zero-order valence-corrected chi connectivity index (χ0v) is 24.7. The Morgan fingerprint density at radius 1 is 0.814 bits per heavy atom. The largest absolute Gasteiger partial charge is 0.356 e. The van der Waals surface area contributed by atoms with Crippen molar-refractivity contribution in [2.75, 3.05) is 10.3 Å². The maximum atomic E-state index is 16.5. The van der Waals surface area contributed by atoms with E-state index in [-0.39, 0.29) is 22.3 Å². The monoisotopic (exact) mass is 709 g/mol. The summed E-state index contributed by atoms with van der Waals surface area (Å²) in [6.07, 6.45) is 2.15. The van der Waals surface area contributed by atoms with Gasteiger partial charge in [-0.15, -0.1) is 0 Å². The Labute approximate surface area is 249 Å². The van der Waals surface area contributed by atoms with Crippen LogP contribution in [0, 0.1) is 34.9 Å². The first-order valence-corrected chi connectivity index (χ1v) is 16.0. The highest BCUT2D eigenvalue weighted by atomic mass is 79.9. The summed E-state index contributed by atoms with van der Waals surface area (Å²) in [5.41, 5.74) is -2.73. The molecule has 1 aliphatic heterocycles. The van der Waals surface area contributed by atoms with Crippen LogP contribution >= 0.6 is 15.9 Å². The van der Waals surface area contributed by atoms with Crippen molar-refractivity contribution in [3.63, 3.8) is 0 Å². The standard InChI is InChI=1S/C26H18BrF6N3O5S2/c27-16-13-34-35(23-3-1-2-10-41-23)26(16)24-19(32)8-9-20(25(24)33)36(42(37,38)21-11-14(28)4-6-17(21)30)43(39,40)22-12-15(29)5-7-18(22)31/h4-9,11-13,23H,1-3,10H2. The van der Waals surface area contributed by atoms with Gasteiger partial charge < -0.3 is 4.74 Å². The molecule has 228 valence electrons. The maximum absolute atomic E-state index is 16.5. The number of halogens is 7. The van der Waals surface area contributed by atoms with Crippen LogP contribution in [0.4, 0.5) is 32.0 Å². The van der Waals surface area contributed by atoms with Gasteiger partial charge in [-0.25, -0.2) is 31.0 Å². The summed E-state index contributed by atoms with van der Waals surface area (Å²) in [6.45, 7) is 0.301. The highest BCUT2D eigenvalue weighted by molar-refractivity contribution is 9.10. The summed E-state index contributed by atoms with van der Waals surface area (Å²) >= 11 is 3.13. The number of nitrogens with zero attached hydrogens (tertiary/aromatic N) is 3. The van der Waals surface area contributed by atoms with E-state index in [4.69, 9.17) is 4.74 Å². The molecule has 0 amide bonds. The van der Waals surface area contributed by atoms with Gasteiger partial charge in [0.05, 0.1) is 21.9 Å². The molecule has 1 unspecified atom stereocenters. The summed E-state index contributed by atoms with van der Waals surface area (Å²) in [5.74, 6) is -9.08. The quantitative estimate of drug-likeness (QED) is 0.205. The van der Waals surface area contributed by atoms with E-state index >= 15 is 8.78 Å². The first-order chi connectivity index (χ1) is 20.2. The van der Waals surface area contributed by atoms with Gasteiger partial charge in [-0.1, -0.05) is 0 Å². The first kappa shape index (κ1) is 31.0. The molecule has 4 aromatic rings. The van der Waals surface area contributed by atoms with Crippen LogP contribution in [-0.4, -0.2) is 33.2 Å². The topological polar surface area (TPSA) is 98.6 Å². The van der Waals surface area contributed by atoms with Gasteiger partial charge in [0, 0.05) is 6.61 Å². The average molecular weight is 710 g/mol. The number of anilines is 1. The Kier molecular flexibility index (Phi) is 8.36. The average Bonchev–Trinajstić information content (AvgIpc) is 3.33. The van der Waals surface area contributed by atoms with E-state index < -0.39 is 85.9 Å². The normalized spacial score (nSPS) is 15.9. The lowest BCUT2D eigenvalue weighted by atomic mass is 10.1. The lowest BCUT2D eigenvalue weighted by molar-refractivity contribution is -0.0384. The van der Waals surface area contributed by atoms with Crippen molar-refractivity contribution >= 4 is 41.7 Å². The zero-order valence-electron chi connectivity index (χ0n) is 21.4. The van der Waals surface area contributed by atoms with Gasteiger partial charge in [0.25, 0.3) is 20.0 Å². The predicted molar refractivity (Wildman–Crippen MR) is 144 cm³/mol. The number of benzene rings is 3. The molecule has 0 bridgehead atoms. The highest BCUT2D eigenvalue weighted by Crippen LogP contribution is 2.42. The molecule has 0 radical (unpaired) electrons. The van der Waals surface area contributed by atoms with Crippen LogP contribution in [0.5, 0.6) is 0 Å². The summed E-state index contributed by atoms with van der Waals surface area (Å²) in [5, 5.41) is 4.09. The SMILES string of the molecule is O=S(=O)(c1cc(F)ccc1F)N(c1ccc(F)c(-c2c(Br)cnn2C2CCCCO2)c1F)S(=O)(=O)c1cc(F)ccc1F. The van der Waals surface area contributed by atoms with Gasteiger partial charge in [-0.05, 0) is 83.7 Å². The van der Waals surface area contributed by atoms with Gasteiger partial charge in [0.2, 0.25) is 0 Å². The van der Waals surface area contributed by atoms with Gasteiger partial charge in [-0.3, -0.25) is 0 Å². The van der Waals surface area contributed by atoms with Crippen LogP contribution in [0.1, 0.15) is 25.5 Å². The minimum absolute atomic E-state index is 0.00115. The van der Waals surface area contributed by atoms with Gasteiger partial charge in [0.1, 0.15) is 44.6 Å². The number of hydrogen-bond acceptors (Lipinski definition) is 6. The van der Waals surface area contributed by atoms with Crippen molar-refractivity contribution in [1.29, 1.82) is 0 Å². The molecule has 0 N–H and O–H groups in total. The van der Waals surface area contributed by atoms with E-state index in [1.165, 1.54) is 6.20 Å². The molecule has 17 heteroatoms. The van der Waals surface area contributed by atoms with E-state index in [0.717, 1.165) is 4.68 Å². The molecule has 5 rings (SSSR count). The molecule has 1 aliphatic rings. The van der Waals surface area contributed by atoms with Crippen molar-refractivity contribution in [2.24, 2.45) is 0 Å². The van der Waals surface area contributed by atoms with Crippen molar-refractivity contribution in [3.8, 4) is 11.3 Å². The second kappa shape index (κ2) is 11.6. The van der Waals surface area contributed by atoms with Crippen LogP contribution in [0.25, 0.3) is 11.3 Å². The van der Waals surface area contributed by atoms with Gasteiger partial charge in [-0.2, -0.15) is 25.6 Å². The zero-order chi connectivity index (χ0) is 31.3. The second-order valence-corrected chi connectivity index (χ2v) is 13.8. The number of ether oxygens (including phenoxy) is 1. The maximum Gasteiger partial charge on any atom is 0.280 e. The van der Waals surface area contributed by atoms with Gasteiger partial charge in [0.15, 0.2) is 12.0 Å². The highest BCUT2D eigenvalue weighted by Gasteiger charge is 2.43. The van der Waals surface area contributed by atoms with Crippen molar-refractivity contribution < 1.29 is 47.9 Å². The summed E-state index contributed by atoms with van der Waals surface area (Å²) in [7, 11) is -11.8. The number of sulfonamides is 2. The minimum atomic E-state index is -5.88. The van der Waals surface area contributed by atoms with Crippen LogP contribution in [-0.2, 0) is 24.8 Å². The molecule has 1 fully saturated rings. The molecule has 0 spiro atoms. The molecule has 1 atom stereocenters. The fourth-order valence-electron chi connectivity index (χ4n) is 4.53. The molecule has 3 aromatic carbocycles. The third-order valence-corrected chi connectivity index (χ3v) is 11.2. The Morgan fingerprint density at radius 2 is 1.37 bits per heavy atom. The summed E-state index contributed by atoms with van der Waals surface area (Å²) in [4.78, 5) is -3.17. The van der Waals surface area contributed by atoms with Crippen molar-refractivity contribution in [3.05, 3.63) is 94.1 Å². The van der Waals surface area contributed by atoms with E-state index in [1.807, 2.05) is 0 Å². The van der Waals surface area contributed by atoms with E-state index in [2.05, 4.69) is 21.0 Å². The van der Waals surface area contributed by atoms with Crippen molar-refractivity contribution in [2.45, 2.75) is 35.3 Å². The Balaban J connectivity index is 1.82. The third-order valence-electron chi connectivity index (χ3n) is 6.46. The fraction of sp³-hybridized carbons (Fsp3) is 0.192. The third kappa shape index (κ3) is 5.54. The Hall–Kier alpha value is -3.41. The lowest BCUT2D eigenvalue weighted by Crippen LogP contribution is -2.38. The number of rotatable bonds is 7. The Morgan fingerprint density at radius 3 is 1.91 bits per heavy atom. The lowest BCUT2D eigenvalue weighted by Gasteiger charge is -2.27. The molecule has 8 nitrogen and oxygen atoms in total. The first-order valence-electron chi connectivity index (χ1n) is 12.3. The van der Waals surface area contributed by atoms with E-state index in [1.54, 1.807) is 0 Å². The van der Waals surface area contributed by atoms with Crippen LogP contribution in [0.3, 0.4) is 0 Å². The summed E-state index contributed by atoms with van der Waals surface area (Å²) < 4.78 is 151. The van der Waals surface area contributed by atoms with Crippen LogP contribution in [0.15, 0.2) is 69.0 Å². The smallest absolute Gasteiger partial charge is 0.280 e. The fourth-order valence-corrected chi connectivity index (χ4v) is 8.82. The Bertz CT molecular complexity index is 1870. The summed E-state index contributed by atoms with van der Waals surface area (Å²) in [6, 6.07) is 2.92. The van der Waals surface area contributed by atoms with E-state index in [9.17, 15) is 34.4 Å². The van der Waals surface area contributed by atoms with E-state index in [0.29, 0.717) is 62.3 Å². The van der Waals surface area contributed by atoms with Crippen LogP contribution < -0.4 is 3.71 Å². The predicted octanol–water partition coefficient (Wildman–Crippen LogP) is 6.43. The molecule has 0 saturated carbocycles.